The van der Waals surface area contributed by atoms with Crippen LogP contribution >= 0.6 is 0 Å². The fourth-order valence-electron chi connectivity index (χ4n) is 3.70. The Morgan fingerprint density at radius 2 is 1.79 bits per heavy atom. The van der Waals surface area contributed by atoms with Crippen molar-refractivity contribution in [1.29, 1.82) is 0 Å². The third kappa shape index (κ3) is 3.80. The van der Waals surface area contributed by atoms with E-state index >= 15 is 0 Å². The Balaban J connectivity index is 1.78. The maximum Gasteiger partial charge on any atom is 0.132 e. The van der Waals surface area contributed by atoms with Crippen LogP contribution in [0.5, 0.6) is 0 Å². The molecular formula is C22H22FN3O2. The van der Waals surface area contributed by atoms with E-state index in [0.717, 1.165) is 5.56 Å². The largest absolute Gasteiger partial charge is 0.386 e. The van der Waals surface area contributed by atoms with Crippen LogP contribution in [0, 0.1) is 5.82 Å². The summed E-state index contributed by atoms with van der Waals surface area (Å²) in [5, 5.41) is 11.4. The van der Waals surface area contributed by atoms with Gasteiger partial charge in [-0.25, -0.2) is 4.39 Å². The molecule has 0 radical (unpaired) electrons. The quantitative estimate of drug-likeness (QED) is 0.736. The molecular weight excluding hydrogens is 357 g/mol. The molecule has 5 nitrogen and oxygen atoms in total. The molecule has 1 N–H and O–H groups in total. The van der Waals surface area contributed by atoms with Crippen molar-refractivity contribution in [3.8, 4) is 11.3 Å². The summed E-state index contributed by atoms with van der Waals surface area (Å²) in [5.41, 5.74) is 2.33. The van der Waals surface area contributed by atoms with Gasteiger partial charge in [0.05, 0.1) is 24.9 Å². The number of aromatic nitrogens is 2. The Kier molecular flexibility index (Phi) is 5.71. The van der Waals surface area contributed by atoms with Crippen molar-refractivity contribution in [3.63, 3.8) is 0 Å². The van der Waals surface area contributed by atoms with E-state index in [1.807, 2.05) is 18.2 Å². The van der Waals surface area contributed by atoms with Crippen LogP contribution in [0.15, 0.2) is 67.1 Å². The second-order valence-corrected chi connectivity index (χ2v) is 6.75. The minimum atomic E-state index is -0.898. The summed E-state index contributed by atoms with van der Waals surface area (Å²) in [4.78, 5) is 10.8. The van der Waals surface area contributed by atoms with Gasteiger partial charge >= 0.3 is 0 Å². The first-order chi connectivity index (χ1) is 13.8. The van der Waals surface area contributed by atoms with E-state index in [4.69, 9.17) is 4.74 Å². The van der Waals surface area contributed by atoms with Gasteiger partial charge in [-0.2, -0.15) is 0 Å². The fourth-order valence-corrected chi connectivity index (χ4v) is 3.70. The summed E-state index contributed by atoms with van der Waals surface area (Å²) in [5.74, 6) is -0.362. The zero-order chi connectivity index (χ0) is 19.3. The van der Waals surface area contributed by atoms with E-state index in [1.165, 1.54) is 6.07 Å². The van der Waals surface area contributed by atoms with Crippen LogP contribution in [0.2, 0.25) is 0 Å². The minimum Gasteiger partial charge on any atom is -0.386 e. The summed E-state index contributed by atoms with van der Waals surface area (Å²) in [6, 6.07) is 13.6. The normalized spacial score (nSPS) is 17.2. The van der Waals surface area contributed by atoms with Crippen LogP contribution in [0.4, 0.5) is 4.39 Å². The first-order valence-electron chi connectivity index (χ1n) is 9.35. The number of hydrogen-bond donors (Lipinski definition) is 1. The van der Waals surface area contributed by atoms with Gasteiger partial charge in [-0.05, 0) is 29.8 Å². The lowest BCUT2D eigenvalue weighted by atomic mass is 9.92. The highest BCUT2D eigenvalue weighted by Gasteiger charge is 2.32. The van der Waals surface area contributed by atoms with Gasteiger partial charge in [-0.1, -0.05) is 24.3 Å². The second kappa shape index (κ2) is 8.56. The molecule has 0 saturated carbocycles. The van der Waals surface area contributed by atoms with Gasteiger partial charge in [0.15, 0.2) is 0 Å². The van der Waals surface area contributed by atoms with Gasteiger partial charge in [0.1, 0.15) is 11.9 Å². The molecule has 28 heavy (non-hydrogen) atoms. The summed E-state index contributed by atoms with van der Waals surface area (Å²) in [6.45, 7) is 2.62. The summed E-state index contributed by atoms with van der Waals surface area (Å²) in [6.07, 6.45) is 4.20. The van der Waals surface area contributed by atoms with Crippen LogP contribution < -0.4 is 0 Å². The molecule has 6 heteroatoms. The maximum atomic E-state index is 14.4. The molecule has 0 spiro atoms. The van der Waals surface area contributed by atoms with E-state index in [0.29, 0.717) is 43.1 Å². The Morgan fingerprint density at radius 3 is 2.54 bits per heavy atom. The summed E-state index contributed by atoms with van der Waals surface area (Å²) >= 11 is 0. The molecule has 1 aliphatic rings. The van der Waals surface area contributed by atoms with Crippen molar-refractivity contribution >= 4 is 0 Å². The van der Waals surface area contributed by atoms with Gasteiger partial charge < -0.3 is 9.84 Å². The SMILES string of the molecule is O[C@H](c1cccnc1-c1ccccc1F)[C@H](c1cccnc1)N1CCOCC1. The first kappa shape index (κ1) is 18.7. The van der Waals surface area contributed by atoms with Gasteiger partial charge in [-0.3, -0.25) is 14.9 Å². The van der Waals surface area contributed by atoms with Crippen molar-refractivity contribution in [1.82, 2.24) is 14.9 Å². The van der Waals surface area contributed by atoms with Crippen molar-refractivity contribution in [2.24, 2.45) is 0 Å². The Hall–Kier alpha value is -2.67. The highest BCUT2D eigenvalue weighted by Crippen LogP contribution is 2.38. The average molecular weight is 379 g/mol. The number of hydrogen-bond acceptors (Lipinski definition) is 5. The van der Waals surface area contributed by atoms with E-state index in [9.17, 15) is 9.50 Å². The fraction of sp³-hybridized carbons (Fsp3) is 0.273. The summed E-state index contributed by atoms with van der Waals surface area (Å²) < 4.78 is 19.9. The van der Waals surface area contributed by atoms with Crippen molar-refractivity contribution in [3.05, 3.63) is 84.1 Å². The molecule has 144 valence electrons. The smallest absolute Gasteiger partial charge is 0.132 e. The van der Waals surface area contributed by atoms with Crippen LogP contribution in [-0.2, 0) is 4.74 Å². The standard InChI is InChI=1S/C22H22FN3O2/c23-19-8-2-1-6-17(19)20-18(7-4-10-25-20)22(27)21(16-5-3-9-24-15-16)26-11-13-28-14-12-26/h1-10,15,21-22,27H,11-14H2/t21-,22+/m0/s1. The first-order valence-corrected chi connectivity index (χ1v) is 9.35. The molecule has 1 aromatic carbocycles. The van der Waals surface area contributed by atoms with E-state index in [-0.39, 0.29) is 11.9 Å². The highest BCUT2D eigenvalue weighted by molar-refractivity contribution is 5.64. The summed E-state index contributed by atoms with van der Waals surface area (Å²) in [7, 11) is 0. The topological polar surface area (TPSA) is 58.5 Å². The van der Waals surface area contributed by atoms with Gasteiger partial charge in [0.2, 0.25) is 0 Å². The third-order valence-corrected chi connectivity index (χ3v) is 5.05. The van der Waals surface area contributed by atoms with Crippen molar-refractivity contribution in [2.75, 3.05) is 26.3 Å². The predicted molar refractivity (Wildman–Crippen MR) is 104 cm³/mol. The van der Waals surface area contributed by atoms with Crippen LogP contribution in [0.1, 0.15) is 23.3 Å². The second-order valence-electron chi connectivity index (χ2n) is 6.75. The number of morpholine rings is 1. The number of aliphatic hydroxyl groups is 1. The molecule has 0 amide bonds. The van der Waals surface area contributed by atoms with Crippen LogP contribution in [0.25, 0.3) is 11.3 Å². The lowest BCUT2D eigenvalue weighted by Crippen LogP contribution is -2.41. The molecule has 1 saturated heterocycles. The number of pyridine rings is 2. The maximum absolute atomic E-state index is 14.4. The van der Waals surface area contributed by atoms with Crippen LogP contribution in [0.3, 0.4) is 0 Å². The molecule has 2 aromatic heterocycles. The highest BCUT2D eigenvalue weighted by atomic mass is 19.1. The lowest BCUT2D eigenvalue weighted by molar-refractivity contribution is -0.0238. The van der Waals surface area contributed by atoms with Crippen LogP contribution in [-0.4, -0.2) is 46.3 Å². The van der Waals surface area contributed by atoms with E-state index in [1.54, 1.807) is 42.9 Å². The number of aliphatic hydroxyl groups excluding tert-OH is 1. The van der Waals surface area contributed by atoms with Crippen molar-refractivity contribution < 1.29 is 14.2 Å². The molecule has 3 aromatic rings. The number of rotatable bonds is 5. The molecule has 0 bridgehead atoms. The van der Waals surface area contributed by atoms with Crippen molar-refractivity contribution in [2.45, 2.75) is 12.1 Å². The zero-order valence-corrected chi connectivity index (χ0v) is 15.4. The Labute approximate surface area is 163 Å². The molecule has 2 atom stereocenters. The number of benzene rings is 1. The lowest BCUT2D eigenvalue weighted by Gasteiger charge is -2.37. The minimum absolute atomic E-state index is 0.327. The molecule has 0 unspecified atom stereocenters. The average Bonchev–Trinajstić information content (AvgIpc) is 2.76. The third-order valence-electron chi connectivity index (χ3n) is 5.05. The van der Waals surface area contributed by atoms with Gasteiger partial charge in [0, 0.05) is 42.8 Å². The molecule has 0 aliphatic carbocycles. The number of ether oxygens (including phenoxy) is 1. The number of halogens is 1. The molecule has 3 heterocycles. The molecule has 1 fully saturated rings. The Bertz CT molecular complexity index is 916. The van der Waals surface area contributed by atoms with Gasteiger partial charge in [0.25, 0.3) is 0 Å². The van der Waals surface area contributed by atoms with Gasteiger partial charge in [-0.15, -0.1) is 0 Å². The number of nitrogens with zero attached hydrogens (tertiary/aromatic N) is 3. The monoisotopic (exact) mass is 379 g/mol. The predicted octanol–water partition coefficient (Wildman–Crippen LogP) is 3.39. The Morgan fingerprint density at radius 1 is 1.00 bits per heavy atom. The zero-order valence-electron chi connectivity index (χ0n) is 15.4. The van der Waals surface area contributed by atoms with E-state index < -0.39 is 6.10 Å². The molecule has 1 aliphatic heterocycles. The van der Waals surface area contributed by atoms with E-state index in [2.05, 4.69) is 14.9 Å². The molecule has 4 rings (SSSR count).